The Hall–Kier alpha value is -3.33. The first-order chi connectivity index (χ1) is 17.3. The lowest BCUT2D eigenvalue weighted by Crippen LogP contribution is -2.51. The number of methoxy groups -OCH3 is 2. The molecule has 2 atom stereocenters. The fourth-order valence-electron chi connectivity index (χ4n) is 5.80. The predicted molar refractivity (Wildman–Crippen MR) is 136 cm³/mol. The zero-order valence-corrected chi connectivity index (χ0v) is 21.7. The molecule has 0 radical (unpaired) electrons. The first kappa shape index (κ1) is 25.8. The van der Waals surface area contributed by atoms with E-state index in [4.69, 9.17) is 14.2 Å². The third-order valence-corrected chi connectivity index (χ3v) is 8.10. The van der Waals surface area contributed by atoms with Crippen LogP contribution < -0.4 is 9.47 Å². The molecule has 0 amide bonds. The molecule has 0 aromatic heterocycles. The summed E-state index contributed by atoms with van der Waals surface area (Å²) in [6, 6.07) is 14.0. The summed E-state index contributed by atoms with van der Waals surface area (Å²) in [4.78, 5) is 26.7. The molecule has 2 unspecified atom stereocenters. The largest absolute Gasteiger partial charge is 0.493 e. The molecule has 2 saturated carbocycles. The number of Topliss-reactive ketones (excluding diaryl/α,β-unsaturated/α-hetero) is 1. The Morgan fingerprint density at radius 2 is 1.81 bits per heavy atom. The van der Waals surface area contributed by atoms with Gasteiger partial charge in [-0.15, -0.1) is 0 Å². The van der Waals surface area contributed by atoms with Crippen LogP contribution in [0.25, 0.3) is 0 Å². The average Bonchev–Trinajstić information content (AvgIpc) is 3.40. The summed E-state index contributed by atoms with van der Waals surface area (Å²) in [5, 5.41) is 10.5. The Balaban J connectivity index is 1.75. The molecule has 2 aromatic rings. The predicted octanol–water partition coefficient (Wildman–Crippen LogP) is 5.55. The SMILES string of the molecule is COC(=O)C1(Cc2ccc(C)c(C)c2)CC(C#N)(c2ccc(OC)c(OC3CCCC3)c2)CCC1=O. The number of ketones is 1. The van der Waals surface area contributed by atoms with Crippen molar-refractivity contribution in [2.45, 2.75) is 76.7 Å². The molecular weight excluding hydrogens is 454 g/mol. The average molecular weight is 490 g/mol. The Bertz CT molecular complexity index is 1180. The second-order valence-electron chi connectivity index (χ2n) is 10.4. The van der Waals surface area contributed by atoms with E-state index < -0.39 is 16.8 Å². The molecule has 0 aliphatic heterocycles. The van der Waals surface area contributed by atoms with Crippen LogP contribution in [0.4, 0.5) is 0 Å². The fourth-order valence-corrected chi connectivity index (χ4v) is 5.80. The number of rotatable bonds is 7. The highest BCUT2D eigenvalue weighted by atomic mass is 16.5. The highest BCUT2D eigenvalue weighted by molar-refractivity contribution is 6.05. The molecule has 2 aliphatic rings. The van der Waals surface area contributed by atoms with Crippen LogP contribution in [0.3, 0.4) is 0 Å². The normalized spacial score (nSPS) is 24.2. The smallest absolute Gasteiger partial charge is 0.319 e. The minimum absolute atomic E-state index is 0.0597. The van der Waals surface area contributed by atoms with Crippen LogP contribution >= 0.6 is 0 Å². The highest BCUT2D eigenvalue weighted by Crippen LogP contribution is 2.50. The molecule has 0 N–H and O–H groups in total. The van der Waals surface area contributed by atoms with E-state index in [0.717, 1.165) is 47.9 Å². The minimum Gasteiger partial charge on any atom is -0.493 e. The van der Waals surface area contributed by atoms with Crippen LogP contribution in [0.2, 0.25) is 0 Å². The van der Waals surface area contributed by atoms with E-state index >= 15 is 0 Å². The molecule has 2 aliphatic carbocycles. The molecule has 0 heterocycles. The number of aryl methyl sites for hydroxylation is 2. The number of benzene rings is 2. The zero-order chi connectivity index (χ0) is 25.9. The Morgan fingerprint density at radius 3 is 2.44 bits per heavy atom. The number of nitrogens with zero attached hydrogens (tertiary/aromatic N) is 1. The van der Waals surface area contributed by atoms with Gasteiger partial charge >= 0.3 is 5.97 Å². The molecule has 6 heteroatoms. The summed E-state index contributed by atoms with van der Waals surface area (Å²) in [6.07, 6.45) is 5.10. The van der Waals surface area contributed by atoms with Gasteiger partial charge in [0.15, 0.2) is 17.3 Å². The van der Waals surface area contributed by atoms with Gasteiger partial charge in [0.25, 0.3) is 0 Å². The molecule has 190 valence electrons. The second kappa shape index (κ2) is 10.3. The van der Waals surface area contributed by atoms with Gasteiger partial charge in [-0.3, -0.25) is 9.59 Å². The lowest BCUT2D eigenvalue weighted by molar-refractivity contribution is -0.161. The van der Waals surface area contributed by atoms with Gasteiger partial charge in [-0.1, -0.05) is 24.3 Å². The van der Waals surface area contributed by atoms with Crippen molar-refractivity contribution in [3.05, 3.63) is 58.7 Å². The molecule has 2 fully saturated rings. The molecule has 2 aromatic carbocycles. The second-order valence-corrected chi connectivity index (χ2v) is 10.4. The van der Waals surface area contributed by atoms with Crippen molar-refractivity contribution in [3.63, 3.8) is 0 Å². The van der Waals surface area contributed by atoms with Crippen molar-refractivity contribution >= 4 is 11.8 Å². The Labute approximate surface area is 213 Å². The molecule has 4 rings (SSSR count). The van der Waals surface area contributed by atoms with Crippen molar-refractivity contribution < 1.29 is 23.8 Å². The van der Waals surface area contributed by atoms with E-state index in [2.05, 4.69) is 6.07 Å². The van der Waals surface area contributed by atoms with E-state index in [9.17, 15) is 14.9 Å². The molecule has 0 bridgehead atoms. The number of ether oxygens (including phenoxy) is 3. The maximum Gasteiger partial charge on any atom is 0.319 e. The number of nitriles is 1. The first-order valence-electron chi connectivity index (χ1n) is 12.7. The third-order valence-electron chi connectivity index (χ3n) is 8.10. The first-order valence-corrected chi connectivity index (χ1v) is 12.7. The summed E-state index contributed by atoms with van der Waals surface area (Å²) < 4.78 is 17.0. The minimum atomic E-state index is -1.43. The third kappa shape index (κ3) is 4.72. The van der Waals surface area contributed by atoms with E-state index in [-0.39, 0.29) is 31.1 Å². The summed E-state index contributed by atoms with van der Waals surface area (Å²) in [5.74, 6) is 0.460. The van der Waals surface area contributed by atoms with Gasteiger partial charge in [0.05, 0.1) is 31.8 Å². The number of hydrogen-bond donors (Lipinski definition) is 0. The lowest BCUT2D eigenvalue weighted by Gasteiger charge is -2.42. The maximum absolute atomic E-state index is 13.5. The van der Waals surface area contributed by atoms with Gasteiger partial charge in [0.1, 0.15) is 5.41 Å². The van der Waals surface area contributed by atoms with Crippen molar-refractivity contribution in [2.75, 3.05) is 14.2 Å². The van der Waals surface area contributed by atoms with Gasteiger partial charge in [-0.05, 0) is 93.2 Å². The van der Waals surface area contributed by atoms with Gasteiger partial charge in [0.2, 0.25) is 0 Å². The van der Waals surface area contributed by atoms with Crippen molar-refractivity contribution in [1.82, 2.24) is 0 Å². The molecule has 36 heavy (non-hydrogen) atoms. The van der Waals surface area contributed by atoms with E-state index in [1.165, 1.54) is 7.11 Å². The maximum atomic E-state index is 13.5. The number of esters is 1. The van der Waals surface area contributed by atoms with Crippen LogP contribution in [0, 0.1) is 30.6 Å². The summed E-state index contributed by atoms with van der Waals surface area (Å²) in [6.45, 7) is 4.03. The van der Waals surface area contributed by atoms with Crippen LogP contribution in [0.1, 0.15) is 67.2 Å². The van der Waals surface area contributed by atoms with Crippen LogP contribution in [-0.2, 0) is 26.2 Å². The number of hydrogen-bond acceptors (Lipinski definition) is 6. The molecular formula is C30H35NO5. The van der Waals surface area contributed by atoms with Gasteiger partial charge < -0.3 is 14.2 Å². The van der Waals surface area contributed by atoms with Crippen LogP contribution in [-0.4, -0.2) is 32.1 Å². The number of carbonyl (C=O) groups is 2. The van der Waals surface area contributed by atoms with Crippen molar-refractivity contribution in [3.8, 4) is 17.6 Å². The van der Waals surface area contributed by atoms with E-state index in [1.807, 2.05) is 50.2 Å². The van der Waals surface area contributed by atoms with Crippen molar-refractivity contribution in [1.29, 1.82) is 5.26 Å². The highest BCUT2D eigenvalue weighted by Gasteiger charge is 2.56. The zero-order valence-electron chi connectivity index (χ0n) is 21.7. The van der Waals surface area contributed by atoms with E-state index in [1.54, 1.807) is 7.11 Å². The van der Waals surface area contributed by atoms with Crippen molar-refractivity contribution in [2.24, 2.45) is 5.41 Å². The van der Waals surface area contributed by atoms with E-state index in [0.29, 0.717) is 17.9 Å². The van der Waals surface area contributed by atoms with Gasteiger partial charge in [-0.2, -0.15) is 5.26 Å². The number of carbonyl (C=O) groups excluding carboxylic acids is 2. The molecule has 6 nitrogen and oxygen atoms in total. The molecule has 0 saturated heterocycles. The standard InChI is InChI=1S/C30H35NO5/c1-20-9-10-22(15-21(20)2)17-30(28(33)35-4)18-29(19-31,14-13-27(30)32)23-11-12-25(34-3)26(16-23)36-24-7-5-6-8-24/h9-12,15-16,24H,5-8,13-14,17-18H2,1-4H3. The summed E-state index contributed by atoms with van der Waals surface area (Å²) >= 11 is 0. The van der Waals surface area contributed by atoms with Crippen LogP contribution in [0.5, 0.6) is 11.5 Å². The summed E-state index contributed by atoms with van der Waals surface area (Å²) in [7, 11) is 2.91. The van der Waals surface area contributed by atoms with Crippen LogP contribution in [0.15, 0.2) is 36.4 Å². The lowest BCUT2D eigenvalue weighted by atomic mass is 9.57. The monoisotopic (exact) mass is 489 g/mol. The molecule has 0 spiro atoms. The Morgan fingerprint density at radius 1 is 1.06 bits per heavy atom. The van der Waals surface area contributed by atoms with Gasteiger partial charge in [0, 0.05) is 6.42 Å². The summed E-state index contributed by atoms with van der Waals surface area (Å²) in [5.41, 5.74) is 1.37. The fraction of sp³-hybridized carbons (Fsp3) is 0.500. The Kier molecular flexibility index (Phi) is 7.40. The quantitative estimate of drug-likeness (QED) is 0.374. The van der Waals surface area contributed by atoms with Gasteiger partial charge in [-0.25, -0.2) is 0 Å². The topological polar surface area (TPSA) is 85.6 Å².